The Balaban J connectivity index is 4.74. The van der Waals surface area contributed by atoms with Crippen LogP contribution in [-0.2, 0) is 36.4 Å². The van der Waals surface area contributed by atoms with Crippen LogP contribution in [0, 0.1) is 0 Å². The zero-order valence-electron chi connectivity index (χ0n) is 19.2. The van der Waals surface area contributed by atoms with E-state index >= 15 is 0 Å². The Kier molecular flexibility index (Phi) is 16.0. The van der Waals surface area contributed by atoms with Crippen molar-refractivity contribution in [2.75, 3.05) is 51.1 Å². The van der Waals surface area contributed by atoms with Gasteiger partial charge in [-0.15, -0.1) is 0 Å². The fourth-order valence-electron chi connectivity index (χ4n) is 3.12. The van der Waals surface area contributed by atoms with Crippen molar-refractivity contribution in [3.8, 4) is 0 Å². The van der Waals surface area contributed by atoms with Gasteiger partial charge in [0.15, 0.2) is 0 Å². The van der Waals surface area contributed by atoms with Crippen LogP contribution in [0.3, 0.4) is 0 Å². The average molecular weight is 475 g/mol. The van der Waals surface area contributed by atoms with Gasteiger partial charge in [0.1, 0.15) is 9.84 Å². The maximum atomic E-state index is 12.5. The van der Waals surface area contributed by atoms with E-state index in [1.807, 2.05) is 41.5 Å². The van der Waals surface area contributed by atoms with Gasteiger partial charge in [0, 0.05) is 51.7 Å². The SMILES string of the molecule is CCO[Si](CCCS(=O)(=O)CCC[Si](OCC)(OCC)OCC)(OCC)OCC. The Labute approximate surface area is 180 Å². The molecular weight excluding hydrogens is 432 g/mol. The fraction of sp³-hybridized carbons (Fsp3) is 1.00. The summed E-state index contributed by atoms with van der Waals surface area (Å²) in [5, 5.41) is 0. The first-order chi connectivity index (χ1) is 13.8. The predicted molar refractivity (Wildman–Crippen MR) is 119 cm³/mol. The molecule has 0 aliphatic rings. The number of hydrogen-bond donors (Lipinski definition) is 0. The highest BCUT2D eigenvalue weighted by Gasteiger charge is 2.41. The summed E-state index contributed by atoms with van der Waals surface area (Å²) in [5.74, 6) is 0.170. The molecule has 0 aliphatic carbocycles. The van der Waals surface area contributed by atoms with E-state index in [9.17, 15) is 8.42 Å². The van der Waals surface area contributed by atoms with E-state index in [0.717, 1.165) is 0 Å². The molecule has 0 fully saturated rings. The van der Waals surface area contributed by atoms with Gasteiger partial charge in [-0.2, -0.15) is 0 Å². The first-order valence-electron chi connectivity index (χ1n) is 10.8. The maximum Gasteiger partial charge on any atom is 0.500 e. The third-order valence-electron chi connectivity index (χ3n) is 4.06. The second kappa shape index (κ2) is 15.9. The third-order valence-corrected chi connectivity index (χ3v) is 12.2. The molecule has 176 valence electrons. The van der Waals surface area contributed by atoms with Crippen molar-refractivity contribution in [2.45, 2.75) is 66.5 Å². The van der Waals surface area contributed by atoms with Crippen LogP contribution in [0.5, 0.6) is 0 Å². The van der Waals surface area contributed by atoms with Gasteiger partial charge in [0.2, 0.25) is 0 Å². The lowest BCUT2D eigenvalue weighted by Gasteiger charge is -2.28. The molecule has 0 saturated heterocycles. The Morgan fingerprint density at radius 2 is 0.759 bits per heavy atom. The molecule has 0 aromatic rings. The predicted octanol–water partition coefficient (Wildman–Crippen LogP) is 3.28. The standard InChI is InChI=1S/C18H42O8SSi2/c1-7-21-28(22-8-2,23-9-3)17-13-15-27(19,20)16-14-18-29(24-10-4,25-11-5)26-12-6/h7-18H2,1-6H3. The Hall–Kier alpha value is 0.144. The van der Waals surface area contributed by atoms with Gasteiger partial charge in [0.05, 0.1) is 11.5 Å². The zero-order chi connectivity index (χ0) is 22.2. The minimum absolute atomic E-state index is 0.0848. The molecule has 0 aliphatic heterocycles. The topological polar surface area (TPSA) is 89.5 Å². The van der Waals surface area contributed by atoms with Crippen LogP contribution in [0.4, 0.5) is 0 Å². The Bertz CT molecular complexity index is 432. The highest BCUT2D eigenvalue weighted by atomic mass is 32.2. The van der Waals surface area contributed by atoms with E-state index in [4.69, 9.17) is 26.6 Å². The van der Waals surface area contributed by atoms with Gasteiger partial charge in [-0.25, -0.2) is 8.42 Å². The third kappa shape index (κ3) is 11.9. The molecule has 0 aromatic carbocycles. The molecule has 0 radical (unpaired) electrons. The van der Waals surface area contributed by atoms with Gasteiger partial charge >= 0.3 is 17.6 Å². The fourth-order valence-corrected chi connectivity index (χ4v) is 10.2. The lowest BCUT2D eigenvalue weighted by Crippen LogP contribution is -2.46. The van der Waals surface area contributed by atoms with E-state index in [2.05, 4.69) is 0 Å². The van der Waals surface area contributed by atoms with E-state index in [1.165, 1.54) is 0 Å². The lowest BCUT2D eigenvalue weighted by atomic mass is 10.6. The molecule has 0 spiro atoms. The quantitative estimate of drug-likeness (QED) is 0.248. The molecule has 29 heavy (non-hydrogen) atoms. The molecule has 0 rings (SSSR count). The molecule has 0 saturated carbocycles. The molecule has 0 atom stereocenters. The highest BCUT2D eigenvalue weighted by Crippen LogP contribution is 2.21. The molecule has 8 nitrogen and oxygen atoms in total. The molecule has 0 bridgehead atoms. The van der Waals surface area contributed by atoms with Crippen LogP contribution in [0.2, 0.25) is 12.1 Å². The van der Waals surface area contributed by atoms with Crippen LogP contribution in [0.1, 0.15) is 54.4 Å². The lowest BCUT2D eigenvalue weighted by molar-refractivity contribution is 0.0705. The molecule has 11 heteroatoms. The normalized spacial score (nSPS) is 13.2. The second-order valence-electron chi connectivity index (χ2n) is 6.32. The van der Waals surface area contributed by atoms with Gasteiger partial charge in [-0.05, 0) is 54.4 Å². The number of hydrogen-bond acceptors (Lipinski definition) is 8. The van der Waals surface area contributed by atoms with Gasteiger partial charge in [-0.3, -0.25) is 0 Å². The summed E-state index contributed by atoms with van der Waals surface area (Å²) in [4.78, 5) is 0. The zero-order valence-corrected chi connectivity index (χ0v) is 22.0. The Morgan fingerprint density at radius 1 is 0.517 bits per heavy atom. The van der Waals surface area contributed by atoms with Crippen LogP contribution in [-0.4, -0.2) is 77.2 Å². The number of rotatable bonds is 20. The minimum atomic E-state index is -3.20. The van der Waals surface area contributed by atoms with Crippen LogP contribution >= 0.6 is 0 Å². The van der Waals surface area contributed by atoms with E-state index in [-0.39, 0.29) is 11.5 Å². The van der Waals surface area contributed by atoms with Crippen LogP contribution in [0.25, 0.3) is 0 Å². The monoisotopic (exact) mass is 474 g/mol. The summed E-state index contributed by atoms with van der Waals surface area (Å²) in [6, 6.07) is 0.995. The van der Waals surface area contributed by atoms with Gasteiger partial charge in [-0.1, -0.05) is 0 Å². The first kappa shape index (κ1) is 29.1. The van der Waals surface area contributed by atoms with E-state index in [1.54, 1.807) is 0 Å². The van der Waals surface area contributed by atoms with Crippen molar-refractivity contribution in [1.82, 2.24) is 0 Å². The van der Waals surface area contributed by atoms with Crippen molar-refractivity contribution in [1.29, 1.82) is 0 Å². The molecule has 0 aromatic heterocycles. The van der Waals surface area contributed by atoms with Crippen molar-refractivity contribution in [2.24, 2.45) is 0 Å². The van der Waals surface area contributed by atoms with Gasteiger partial charge in [0.25, 0.3) is 0 Å². The summed E-state index contributed by atoms with van der Waals surface area (Å²) in [6.07, 6.45) is 0.916. The summed E-state index contributed by atoms with van der Waals surface area (Å²) in [5.41, 5.74) is 0. The largest absolute Gasteiger partial charge is 0.500 e. The number of sulfone groups is 1. The Morgan fingerprint density at radius 3 is 0.966 bits per heavy atom. The summed E-state index contributed by atoms with van der Waals surface area (Å²) < 4.78 is 59.8. The highest BCUT2D eigenvalue weighted by molar-refractivity contribution is 7.91. The molecule has 0 amide bonds. The van der Waals surface area contributed by atoms with Crippen LogP contribution in [0.15, 0.2) is 0 Å². The van der Waals surface area contributed by atoms with Crippen LogP contribution < -0.4 is 0 Å². The maximum absolute atomic E-state index is 12.5. The van der Waals surface area contributed by atoms with Crippen molar-refractivity contribution in [3.05, 3.63) is 0 Å². The summed E-state index contributed by atoms with van der Waals surface area (Å²) in [6.45, 7) is 14.2. The molecule has 0 unspecified atom stereocenters. The smallest absolute Gasteiger partial charge is 0.374 e. The summed E-state index contributed by atoms with van der Waals surface area (Å²) in [7, 11) is -8.82. The average Bonchev–Trinajstić information content (AvgIpc) is 2.63. The first-order valence-corrected chi connectivity index (χ1v) is 16.5. The van der Waals surface area contributed by atoms with Gasteiger partial charge < -0.3 is 26.6 Å². The van der Waals surface area contributed by atoms with Crippen molar-refractivity contribution >= 4 is 27.4 Å². The van der Waals surface area contributed by atoms with E-state index < -0.39 is 27.4 Å². The molecular formula is C18H42O8SSi2. The minimum Gasteiger partial charge on any atom is -0.374 e. The summed E-state index contributed by atoms with van der Waals surface area (Å²) >= 11 is 0. The molecule has 0 N–H and O–H groups in total. The van der Waals surface area contributed by atoms with E-state index in [0.29, 0.717) is 64.6 Å². The van der Waals surface area contributed by atoms with Crippen molar-refractivity contribution in [3.63, 3.8) is 0 Å². The molecule has 0 heterocycles. The second-order valence-corrected chi connectivity index (χ2v) is 14.1. The van der Waals surface area contributed by atoms with Crippen molar-refractivity contribution < 1.29 is 35.0 Å².